The van der Waals surface area contributed by atoms with Gasteiger partial charge in [0.05, 0.1) is 10.9 Å². The smallest absolute Gasteiger partial charge is 0.253 e. The van der Waals surface area contributed by atoms with E-state index in [1.807, 2.05) is 26.0 Å². The Kier molecular flexibility index (Phi) is 3.61. The van der Waals surface area contributed by atoms with E-state index in [9.17, 15) is 9.59 Å². The molecule has 1 aromatic carbocycles. The van der Waals surface area contributed by atoms with Crippen LogP contribution in [-0.2, 0) is 4.79 Å². The van der Waals surface area contributed by atoms with E-state index in [4.69, 9.17) is 0 Å². The zero-order chi connectivity index (χ0) is 13.3. The molecule has 1 aliphatic rings. The second-order valence-corrected chi connectivity index (χ2v) is 5.66. The Morgan fingerprint density at radius 2 is 2.22 bits per heavy atom. The second kappa shape index (κ2) is 5.02. The molecule has 0 saturated carbocycles. The molecule has 5 heteroatoms. The SMILES string of the molecule is CCN(C)C(=O)c1ccc2c(c1)NC(=O)C(C)S2. The van der Waals surface area contributed by atoms with E-state index >= 15 is 0 Å². The highest BCUT2D eigenvalue weighted by atomic mass is 32.2. The van der Waals surface area contributed by atoms with E-state index in [0.717, 1.165) is 10.6 Å². The van der Waals surface area contributed by atoms with E-state index in [1.165, 1.54) is 11.8 Å². The number of hydrogen-bond donors (Lipinski definition) is 1. The molecule has 2 amide bonds. The molecule has 1 heterocycles. The Hall–Kier alpha value is -1.49. The fourth-order valence-corrected chi connectivity index (χ4v) is 2.64. The van der Waals surface area contributed by atoms with E-state index in [2.05, 4.69) is 5.32 Å². The summed E-state index contributed by atoms with van der Waals surface area (Å²) in [5.74, 6) is -0.0425. The maximum Gasteiger partial charge on any atom is 0.253 e. The number of amides is 2. The molecular formula is C13H16N2O2S. The summed E-state index contributed by atoms with van der Waals surface area (Å²) in [4.78, 5) is 26.3. The molecule has 1 N–H and O–H groups in total. The van der Waals surface area contributed by atoms with Crippen LogP contribution in [0.2, 0.25) is 0 Å². The molecule has 0 aliphatic carbocycles. The average Bonchev–Trinajstić information content (AvgIpc) is 2.37. The van der Waals surface area contributed by atoms with E-state index in [1.54, 1.807) is 18.0 Å². The van der Waals surface area contributed by atoms with Crippen molar-refractivity contribution in [2.75, 3.05) is 18.9 Å². The molecule has 2 rings (SSSR count). The molecule has 0 saturated heterocycles. The molecule has 96 valence electrons. The fourth-order valence-electron chi connectivity index (χ4n) is 1.71. The van der Waals surface area contributed by atoms with E-state index in [0.29, 0.717) is 12.1 Å². The molecule has 0 radical (unpaired) electrons. The van der Waals surface area contributed by atoms with Crippen LogP contribution in [-0.4, -0.2) is 35.6 Å². The lowest BCUT2D eigenvalue weighted by atomic mass is 10.1. The molecule has 1 aliphatic heterocycles. The summed E-state index contributed by atoms with van der Waals surface area (Å²) in [5, 5.41) is 2.75. The van der Waals surface area contributed by atoms with Gasteiger partial charge in [0.1, 0.15) is 0 Å². The highest BCUT2D eigenvalue weighted by molar-refractivity contribution is 8.00. The van der Waals surface area contributed by atoms with Gasteiger partial charge in [-0.2, -0.15) is 0 Å². The first kappa shape index (κ1) is 13.0. The van der Waals surface area contributed by atoms with Crippen molar-refractivity contribution in [2.45, 2.75) is 24.0 Å². The molecular weight excluding hydrogens is 248 g/mol. The summed E-state index contributed by atoms with van der Waals surface area (Å²) in [6.45, 7) is 4.45. The maximum atomic E-state index is 12.0. The van der Waals surface area contributed by atoms with Crippen LogP contribution in [0.1, 0.15) is 24.2 Å². The number of thioether (sulfide) groups is 1. The first-order chi connectivity index (χ1) is 8.52. The molecule has 1 aromatic rings. The van der Waals surface area contributed by atoms with Crippen molar-refractivity contribution < 1.29 is 9.59 Å². The summed E-state index contributed by atoms with van der Waals surface area (Å²) >= 11 is 1.52. The minimum atomic E-state index is -0.0858. The normalized spacial score (nSPS) is 17.9. The lowest BCUT2D eigenvalue weighted by Crippen LogP contribution is -2.28. The van der Waals surface area contributed by atoms with Crippen LogP contribution < -0.4 is 5.32 Å². The van der Waals surface area contributed by atoms with Crippen molar-refractivity contribution in [3.63, 3.8) is 0 Å². The lowest BCUT2D eigenvalue weighted by molar-refractivity contribution is -0.115. The van der Waals surface area contributed by atoms with Crippen LogP contribution in [0.25, 0.3) is 0 Å². The molecule has 0 fully saturated rings. The summed E-state index contributed by atoms with van der Waals surface area (Å²) in [7, 11) is 1.76. The minimum absolute atomic E-state index is 0.0130. The number of carbonyl (C=O) groups is 2. The van der Waals surface area contributed by atoms with Gasteiger partial charge in [0.2, 0.25) is 5.91 Å². The first-order valence-corrected chi connectivity index (χ1v) is 6.78. The molecule has 18 heavy (non-hydrogen) atoms. The highest BCUT2D eigenvalue weighted by Crippen LogP contribution is 2.36. The number of anilines is 1. The second-order valence-electron chi connectivity index (χ2n) is 4.28. The van der Waals surface area contributed by atoms with Gasteiger partial charge in [0, 0.05) is 24.1 Å². The van der Waals surface area contributed by atoms with Gasteiger partial charge in [-0.3, -0.25) is 9.59 Å². The van der Waals surface area contributed by atoms with Crippen LogP contribution in [0.3, 0.4) is 0 Å². The number of nitrogens with zero attached hydrogens (tertiary/aromatic N) is 1. The van der Waals surface area contributed by atoms with Gasteiger partial charge in [0.25, 0.3) is 5.91 Å². The first-order valence-electron chi connectivity index (χ1n) is 5.90. The molecule has 4 nitrogen and oxygen atoms in total. The number of nitrogens with one attached hydrogen (secondary N) is 1. The number of carbonyl (C=O) groups excluding carboxylic acids is 2. The molecule has 1 atom stereocenters. The van der Waals surface area contributed by atoms with Crippen molar-refractivity contribution >= 4 is 29.3 Å². The van der Waals surface area contributed by atoms with Crippen molar-refractivity contribution in [3.8, 4) is 0 Å². The minimum Gasteiger partial charge on any atom is -0.342 e. The predicted octanol–water partition coefficient (Wildman–Crippen LogP) is 2.21. The van der Waals surface area contributed by atoms with E-state index in [-0.39, 0.29) is 17.1 Å². The van der Waals surface area contributed by atoms with Crippen LogP contribution >= 0.6 is 11.8 Å². The third kappa shape index (κ3) is 2.36. The Morgan fingerprint density at radius 1 is 1.50 bits per heavy atom. The van der Waals surface area contributed by atoms with Gasteiger partial charge >= 0.3 is 0 Å². The van der Waals surface area contributed by atoms with Crippen molar-refractivity contribution in [1.82, 2.24) is 4.90 Å². The number of fused-ring (bicyclic) bond motifs is 1. The highest BCUT2D eigenvalue weighted by Gasteiger charge is 2.24. The third-order valence-electron chi connectivity index (χ3n) is 2.98. The Morgan fingerprint density at radius 3 is 2.89 bits per heavy atom. The fraction of sp³-hybridized carbons (Fsp3) is 0.385. The van der Waals surface area contributed by atoms with Gasteiger partial charge in [-0.15, -0.1) is 11.8 Å². The summed E-state index contributed by atoms with van der Waals surface area (Å²) in [6, 6.07) is 5.46. The Bertz CT molecular complexity index is 502. The summed E-state index contributed by atoms with van der Waals surface area (Å²) in [6.07, 6.45) is 0. The van der Waals surface area contributed by atoms with Crippen molar-refractivity contribution in [1.29, 1.82) is 0 Å². The topological polar surface area (TPSA) is 49.4 Å². The van der Waals surface area contributed by atoms with Crippen molar-refractivity contribution in [3.05, 3.63) is 23.8 Å². The monoisotopic (exact) mass is 264 g/mol. The number of hydrogen-bond acceptors (Lipinski definition) is 3. The predicted molar refractivity (Wildman–Crippen MR) is 73.0 cm³/mol. The van der Waals surface area contributed by atoms with Crippen LogP contribution in [0.15, 0.2) is 23.1 Å². The van der Waals surface area contributed by atoms with Crippen LogP contribution in [0.5, 0.6) is 0 Å². The molecule has 0 aromatic heterocycles. The number of rotatable bonds is 2. The molecule has 1 unspecified atom stereocenters. The lowest BCUT2D eigenvalue weighted by Gasteiger charge is -2.22. The zero-order valence-electron chi connectivity index (χ0n) is 10.7. The summed E-state index contributed by atoms with van der Waals surface area (Å²) < 4.78 is 0. The van der Waals surface area contributed by atoms with Crippen LogP contribution in [0.4, 0.5) is 5.69 Å². The molecule has 0 spiro atoms. The van der Waals surface area contributed by atoms with Crippen LogP contribution in [0, 0.1) is 0 Å². The summed E-state index contributed by atoms with van der Waals surface area (Å²) in [5.41, 5.74) is 1.34. The quantitative estimate of drug-likeness (QED) is 0.891. The maximum absolute atomic E-state index is 12.0. The molecule has 0 bridgehead atoms. The number of benzene rings is 1. The van der Waals surface area contributed by atoms with E-state index < -0.39 is 0 Å². The van der Waals surface area contributed by atoms with Gasteiger partial charge < -0.3 is 10.2 Å². The Labute approximate surface area is 111 Å². The average molecular weight is 264 g/mol. The Balaban J connectivity index is 2.30. The standard InChI is InChI=1S/C13H16N2O2S/c1-4-15(3)13(17)9-5-6-11-10(7-9)14-12(16)8(2)18-11/h5-8H,4H2,1-3H3,(H,14,16). The van der Waals surface area contributed by atoms with Gasteiger partial charge in [-0.05, 0) is 32.0 Å². The third-order valence-corrected chi connectivity index (χ3v) is 4.16. The van der Waals surface area contributed by atoms with Gasteiger partial charge in [-0.1, -0.05) is 0 Å². The van der Waals surface area contributed by atoms with Gasteiger partial charge in [0.15, 0.2) is 0 Å². The van der Waals surface area contributed by atoms with Crippen molar-refractivity contribution in [2.24, 2.45) is 0 Å². The largest absolute Gasteiger partial charge is 0.342 e. The zero-order valence-corrected chi connectivity index (χ0v) is 11.5. The van der Waals surface area contributed by atoms with Gasteiger partial charge in [-0.25, -0.2) is 0 Å².